The van der Waals surface area contributed by atoms with Crippen molar-refractivity contribution in [3.8, 4) is 0 Å². The quantitative estimate of drug-likeness (QED) is 0.672. The maximum absolute atomic E-state index is 2.77. The van der Waals surface area contributed by atoms with E-state index in [9.17, 15) is 0 Å². The zero-order valence-corrected chi connectivity index (χ0v) is 11.1. The first kappa shape index (κ1) is 11.0. The number of hydrogen-bond acceptors (Lipinski definition) is 2. The molecule has 16 heavy (non-hydrogen) atoms. The van der Waals surface area contributed by atoms with Crippen LogP contribution in [0.3, 0.4) is 0 Å². The highest BCUT2D eigenvalue weighted by atomic mass is 15.3. The predicted octanol–water partition coefficient (Wildman–Crippen LogP) is 2.35. The monoisotopic (exact) mass is 222 g/mol. The van der Waals surface area contributed by atoms with Gasteiger partial charge in [-0.05, 0) is 65.0 Å². The smallest absolute Gasteiger partial charge is 0.0125 e. The minimum atomic E-state index is 0.372. The predicted molar refractivity (Wildman–Crippen MR) is 67.6 cm³/mol. The van der Waals surface area contributed by atoms with Crippen LogP contribution in [-0.4, -0.2) is 47.6 Å². The molecule has 2 saturated heterocycles. The van der Waals surface area contributed by atoms with Crippen LogP contribution in [-0.2, 0) is 0 Å². The van der Waals surface area contributed by atoms with Crippen molar-refractivity contribution < 1.29 is 0 Å². The molecule has 0 N–H and O–H groups in total. The number of nitrogens with zero attached hydrogens (tertiary/aromatic N) is 2. The molecule has 3 rings (SSSR count). The molecule has 0 aromatic carbocycles. The molecule has 2 nitrogen and oxygen atoms in total. The number of hydrogen-bond donors (Lipinski definition) is 0. The summed E-state index contributed by atoms with van der Waals surface area (Å²) in [6.07, 6.45) is 5.84. The highest BCUT2D eigenvalue weighted by molar-refractivity contribution is 5.02. The Bertz CT molecular complexity index is 277. The molecular weight excluding hydrogens is 196 g/mol. The van der Waals surface area contributed by atoms with E-state index in [-0.39, 0.29) is 0 Å². The minimum absolute atomic E-state index is 0.372. The standard InChI is InChI=1S/C14H26N2/c1-13(2,3)16-9-7-14(11-16)6-8-15(10-14)12-4-5-12/h12H,4-11H2,1-3H3. The van der Waals surface area contributed by atoms with Gasteiger partial charge < -0.3 is 0 Å². The summed E-state index contributed by atoms with van der Waals surface area (Å²) >= 11 is 0. The first-order valence-electron chi connectivity index (χ1n) is 6.98. The molecule has 2 heteroatoms. The lowest BCUT2D eigenvalue weighted by atomic mass is 9.86. The Morgan fingerprint density at radius 1 is 1.00 bits per heavy atom. The first-order valence-corrected chi connectivity index (χ1v) is 6.98. The Labute approximate surface area is 100.0 Å². The Morgan fingerprint density at radius 2 is 1.69 bits per heavy atom. The third kappa shape index (κ3) is 1.91. The minimum Gasteiger partial charge on any atom is -0.300 e. The Balaban J connectivity index is 1.64. The van der Waals surface area contributed by atoms with Crippen molar-refractivity contribution in [2.75, 3.05) is 26.2 Å². The molecule has 0 aromatic heterocycles. The lowest BCUT2D eigenvalue weighted by Gasteiger charge is -2.33. The maximum atomic E-state index is 2.77. The van der Waals surface area contributed by atoms with E-state index in [1.807, 2.05) is 0 Å². The van der Waals surface area contributed by atoms with Gasteiger partial charge in [0.05, 0.1) is 0 Å². The zero-order valence-electron chi connectivity index (χ0n) is 11.1. The van der Waals surface area contributed by atoms with Gasteiger partial charge in [-0.2, -0.15) is 0 Å². The lowest BCUT2D eigenvalue weighted by molar-refractivity contribution is 0.147. The van der Waals surface area contributed by atoms with Crippen molar-refractivity contribution in [2.45, 2.75) is 58.0 Å². The number of rotatable bonds is 1. The van der Waals surface area contributed by atoms with Crippen LogP contribution in [0.4, 0.5) is 0 Å². The molecule has 3 aliphatic rings. The zero-order chi connectivity index (χ0) is 11.4. The second-order valence-electron chi connectivity index (χ2n) is 7.29. The fourth-order valence-electron chi connectivity index (χ4n) is 3.56. The third-order valence-corrected chi connectivity index (χ3v) is 4.92. The SMILES string of the molecule is CC(C)(C)N1CCC2(CCN(C3CC3)C2)C1. The number of likely N-dealkylation sites (tertiary alicyclic amines) is 2. The molecule has 2 heterocycles. The van der Waals surface area contributed by atoms with Crippen molar-refractivity contribution in [1.82, 2.24) is 9.80 Å². The average molecular weight is 222 g/mol. The summed E-state index contributed by atoms with van der Waals surface area (Å²) in [5, 5.41) is 0. The van der Waals surface area contributed by atoms with Gasteiger partial charge in [-0.1, -0.05) is 0 Å². The second kappa shape index (κ2) is 3.46. The highest BCUT2D eigenvalue weighted by Crippen LogP contribution is 2.44. The van der Waals surface area contributed by atoms with Crippen LogP contribution in [0.5, 0.6) is 0 Å². The normalized spacial score (nSPS) is 37.7. The van der Waals surface area contributed by atoms with Gasteiger partial charge in [0.2, 0.25) is 0 Å². The highest BCUT2D eigenvalue weighted by Gasteiger charge is 2.48. The molecule has 1 unspecified atom stereocenters. The first-order chi connectivity index (χ1) is 7.49. The van der Waals surface area contributed by atoms with Gasteiger partial charge >= 0.3 is 0 Å². The molecule has 0 bridgehead atoms. The second-order valence-corrected chi connectivity index (χ2v) is 7.29. The average Bonchev–Trinajstić information content (AvgIpc) is 2.84. The maximum Gasteiger partial charge on any atom is 0.0125 e. The summed E-state index contributed by atoms with van der Waals surface area (Å²) in [6.45, 7) is 12.5. The van der Waals surface area contributed by atoms with Crippen molar-refractivity contribution in [3.63, 3.8) is 0 Å². The van der Waals surface area contributed by atoms with Crippen LogP contribution in [0.15, 0.2) is 0 Å². The summed E-state index contributed by atoms with van der Waals surface area (Å²) < 4.78 is 0. The van der Waals surface area contributed by atoms with Crippen LogP contribution in [0.1, 0.15) is 46.5 Å². The molecule has 0 aromatic rings. The van der Waals surface area contributed by atoms with E-state index in [0.29, 0.717) is 11.0 Å². The van der Waals surface area contributed by atoms with Gasteiger partial charge in [-0.3, -0.25) is 9.80 Å². The largest absolute Gasteiger partial charge is 0.300 e. The van der Waals surface area contributed by atoms with Crippen molar-refractivity contribution >= 4 is 0 Å². The van der Waals surface area contributed by atoms with Crippen LogP contribution >= 0.6 is 0 Å². The Hall–Kier alpha value is -0.0800. The van der Waals surface area contributed by atoms with E-state index < -0.39 is 0 Å². The Morgan fingerprint density at radius 3 is 2.25 bits per heavy atom. The van der Waals surface area contributed by atoms with E-state index >= 15 is 0 Å². The van der Waals surface area contributed by atoms with Gasteiger partial charge in [0.25, 0.3) is 0 Å². The summed E-state index contributed by atoms with van der Waals surface area (Å²) in [5.74, 6) is 0. The molecule has 0 amide bonds. The van der Waals surface area contributed by atoms with Gasteiger partial charge in [0.1, 0.15) is 0 Å². The van der Waals surface area contributed by atoms with Crippen molar-refractivity contribution in [3.05, 3.63) is 0 Å². The molecular formula is C14H26N2. The van der Waals surface area contributed by atoms with Gasteiger partial charge in [0.15, 0.2) is 0 Å². The summed E-state index contributed by atoms with van der Waals surface area (Å²) in [5.41, 5.74) is 1.03. The van der Waals surface area contributed by atoms with E-state index in [1.54, 1.807) is 0 Å². The van der Waals surface area contributed by atoms with Gasteiger partial charge in [-0.25, -0.2) is 0 Å². The molecule has 1 spiro atoms. The van der Waals surface area contributed by atoms with Crippen LogP contribution in [0.25, 0.3) is 0 Å². The molecule has 1 atom stereocenters. The third-order valence-electron chi connectivity index (χ3n) is 4.92. The van der Waals surface area contributed by atoms with Crippen molar-refractivity contribution in [1.29, 1.82) is 0 Å². The van der Waals surface area contributed by atoms with E-state index in [1.165, 1.54) is 51.9 Å². The molecule has 1 aliphatic carbocycles. The lowest BCUT2D eigenvalue weighted by Crippen LogP contribution is -2.41. The molecule has 2 aliphatic heterocycles. The van der Waals surface area contributed by atoms with E-state index in [4.69, 9.17) is 0 Å². The Kier molecular flexibility index (Phi) is 2.38. The summed E-state index contributed by atoms with van der Waals surface area (Å²) in [4.78, 5) is 5.47. The van der Waals surface area contributed by atoms with Crippen LogP contribution < -0.4 is 0 Å². The van der Waals surface area contributed by atoms with Gasteiger partial charge in [-0.15, -0.1) is 0 Å². The van der Waals surface area contributed by atoms with E-state index in [2.05, 4.69) is 30.6 Å². The fraction of sp³-hybridized carbons (Fsp3) is 1.00. The van der Waals surface area contributed by atoms with Crippen LogP contribution in [0, 0.1) is 5.41 Å². The summed E-state index contributed by atoms with van der Waals surface area (Å²) in [6, 6.07) is 0.975. The summed E-state index contributed by atoms with van der Waals surface area (Å²) in [7, 11) is 0. The van der Waals surface area contributed by atoms with E-state index in [0.717, 1.165) is 6.04 Å². The topological polar surface area (TPSA) is 6.48 Å². The van der Waals surface area contributed by atoms with Crippen LogP contribution in [0.2, 0.25) is 0 Å². The molecule has 92 valence electrons. The molecule has 0 radical (unpaired) electrons. The van der Waals surface area contributed by atoms with Gasteiger partial charge in [0, 0.05) is 24.7 Å². The molecule has 1 saturated carbocycles. The van der Waals surface area contributed by atoms with Crippen molar-refractivity contribution in [2.24, 2.45) is 5.41 Å². The molecule has 3 fully saturated rings. The fourth-order valence-corrected chi connectivity index (χ4v) is 3.56.